The van der Waals surface area contributed by atoms with E-state index in [1.54, 1.807) is 0 Å². The molecule has 4 aromatic rings. The highest BCUT2D eigenvalue weighted by Crippen LogP contribution is 2.23. The Morgan fingerprint density at radius 1 is 1.00 bits per heavy atom. The number of anilines is 1. The van der Waals surface area contributed by atoms with Crippen LogP contribution in [0.3, 0.4) is 0 Å². The van der Waals surface area contributed by atoms with Crippen LogP contribution in [0, 0.1) is 0 Å². The van der Waals surface area contributed by atoms with Gasteiger partial charge in [-0.25, -0.2) is 4.98 Å². The van der Waals surface area contributed by atoms with Crippen LogP contribution in [-0.4, -0.2) is 46.0 Å². The van der Waals surface area contributed by atoms with E-state index in [4.69, 9.17) is 0 Å². The normalized spacial score (nSPS) is 16.1. The van der Waals surface area contributed by atoms with Crippen LogP contribution in [0.15, 0.2) is 55.0 Å². The summed E-state index contributed by atoms with van der Waals surface area (Å²) in [5.41, 5.74) is 4.85. The molecule has 0 amide bonds. The quantitative estimate of drug-likeness (QED) is 0.605. The molecule has 1 saturated heterocycles. The van der Waals surface area contributed by atoms with E-state index in [1.165, 1.54) is 27.5 Å². The molecule has 0 bridgehead atoms. The van der Waals surface area contributed by atoms with Crippen LogP contribution in [0.1, 0.15) is 5.56 Å². The van der Waals surface area contributed by atoms with Crippen LogP contribution >= 0.6 is 0 Å². The summed E-state index contributed by atoms with van der Waals surface area (Å²) in [7, 11) is 0. The number of aromatic nitrogens is 3. The Labute approximate surface area is 146 Å². The molecule has 1 fully saturated rings. The second-order valence-corrected chi connectivity index (χ2v) is 6.73. The molecule has 0 spiro atoms. The summed E-state index contributed by atoms with van der Waals surface area (Å²) in [5, 5.41) is 2.52. The van der Waals surface area contributed by atoms with Crippen LogP contribution < -0.4 is 4.90 Å². The smallest absolute Gasteiger partial charge is 0.137 e. The fourth-order valence-electron chi connectivity index (χ4n) is 3.79. The number of H-pyrrole nitrogens is 2. The zero-order valence-electron chi connectivity index (χ0n) is 14.1. The van der Waals surface area contributed by atoms with Gasteiger partial charge >= 0.3 is 0 Å². The van der Waals surface area contributed by atoms with Crippen molar-refractivity contribution in [3.8, 4) is 0 Å². The molecule has 5 rings (SSSR count). The van der Waals surface area contributed by atoms with Crippen LogP contribution in [0.5, 0.6) is 0 Å². The predicted molar refractivity (Wildman–Crippen MR) is 102 cm³/mol. The van der Waals surface area contributed by atoms with Crippen molar-refractivity contribution in [1.29, 1.82) is 0 Å². The molecule has 25 heavy (non-hydrogen) atoms. The van der Waals surface area contributed by atoms with Gasteiger partial charge in [0.2, 0.25) is 0 Å². The molecule has 1 aliphatic rings. The first-order chi connectivity index (χ1) is 12.4. The molecule has 0 atom stereocenters. The number of fused-ring (bicyclic) bond motifs is 2. The topological polar surface area (TPSA) is 51.0 Å². The Kier molecular flexibility index (Phi) is 3.45. The molecule has 3 aromatic heterocycles. The highest BCUT2D eigenvalue weighted by atomic mass is 15.3. The highest BCUT2D eigenvalue weighted by molar-refractivity contribution is 5.83. The SMILES string of the molecule is c1cnc2[nH]cc(CN3CCN(c4ccc5[nH]ccc5c4)CC3)c2c1. The molecular formula is C20H21N5. The third-order valence-corrected chi connectivity index (χ3v) is 5.21. The number of nitrogens with one attached hydrogen (secondary N) is 2. The van der Waals surface area contributed by atoms with Gasteiger partial charge in [0, 0.05) is 73.3 Å². The minimum Gasteiger partial charge on any atom is -0.369 e. The number of benzene rings is 1. The second kappa shape index (κ2) is 5.93. The summed E-state index contributed by atoms with van der Waals surface area (Å²) in [4.78, 5) is 15.9. The van der Waals surface area contributed by atoms with E-state index in [0.29, 0.717) is 0 Å². The van der Waals surface area contributed by atoms with Crippen molar-refractivity contribution in [1.82, 2.24) is 19.9 Å². The number of piperazine rings is 1. The number of aromatic amines is 2. The molecular weight excluding hydrogens is 310 g/mol. The van der Waals surface area contributed by atoms with Gasteiger partial charge in [0.05, 0.1) is 0 Å². The molecule has 126 valence electrons. The molecule has 5 heteroatoms. The third kappa shape index (κ3) is 2.66. The van der Waals surface area contributed by atoms with Gasteiger partial charge in [-0.2, -0.15) is 0 Å². The van der Waals surface area contributed by atoms with Gasteiger partial charge in [0.1, 0.15) is 5.65 Å². The van der Waals surface area contributed by atoms with E-state index in [-0.39, 0.29) is 0 Å². The molecule has 2 N–H and O–H groups in total. The summed E-state index contributed by atoms with van der Waals surface area (Å²) in [6.07, 6.45) is 5.94. The molecule has 0 unspecified atom stereocenters. The van der Waals surface area contributed by atoms with Gasteiger partial charge < -0.3 is 14.9 Å². The van der Waals surface area contributed by atoms with Crippen molar-refractivity contribution in [2.24, 2.45) is 0 Å². The van der Waals surface area contributed by atoms with Crippen LogP contribution in [0.4, 0.5) is 5.69 Å². The van der Waals surface area contributed by atoms with Crippen molar-refractivity contribution in [2.75, 3.05) is 31.1 Å². The zero-order chi connectivity index (χ0) is 16.6. The molecule has 1 aromatic carbocycles. The summed E-state index contributed by atoms with van der Waals surface area (Å²) in [6, 6.07) is 13.0. The molecule has 0 aliphatic carbocycles. The highest BCUT2D eigenvalue weighted by Gasteiger charge is 2.18. The summed E-state index contributed by atoms with van der Waals surface area (Å²) in [6.45, 7) is 5.28. The standard InChI is InChI=1S/C20H21N5/c1-2-18-16(13-23-20(18)22-6-1)14-24-8-10-25(11-9-24)17-3-4-19-15(12-17)5-7-21-19/h1-7,12-13,21H,8-11,14H2,(H,22,23). The van der Waals surface area contributed by atoms with Crippen LogP contribution in [-0.2, 0) is 6.54 Å². The Bertz CT molecular complexity index is 1010. The number of nitrogens with zero attached hydrogens (tertiary/aromatic N) is 3. The minimum absolute atomic E-state index is 0.982. The molecule has 5 nitrogen and oxygen atoms in total. The van der Waals surface area contributed by atoms with E-state index in [1.807, 2.05) is 18.5 Å². The van der Waals surface area contributed by atoms with Crippen LogP contribution in [0.2, 0.25) is 0 Å². The monoisotopic (exact) mass is 331 g/mol. The van der Waals surface area contributed by atoms with E-state index >= 15 is 0 Å². The fourth-order valence-corrected chi connectivity index (χ4v) is 3.79. The second-order valence-electron chi connectivity index (χ2n) is 6.73. The number of hydrogen-bond donors (Lipinski definition) is 2. The largest absolute Gasteiger partial charge is 0.369 e. The van der Waals surface area contributed by atoms with Gasteiger partial charge in [-0.1, -0.05) is 0 Å². The molecule has 1 aliphatic heterocycles. The van der Waals surface area contributed by atoms with Gasteiger partial charge in [-0.15, -0.1) is 0 Å². The van der Waals surface area contributed by atoms with Crippen LogP contribution in [0.25, 0.3) is 21.9 Å². The van der Waals surface area contributed by atoms with Crippen molar-refractivity contribution in [3.05, 3.63) is 60.6 Å². The maximum absolute atomic E-state index is 4.38. The average Bonchev–Trinajstić information content (AvgIpc) is 3.29. The maximum atomic E-state index is 4.38. The molecule has 0 saturated carbocycles. The molecule has 4 heterocycles. The summed E-state index contributed by atoms with van der Waals surface area (Å²) in [5.74, 6) is 0. The Morgan fingerprint density at radius 3 is 2.84 bits per heavy atom. The first kappa shape index (κ1) is 14.5. The first-order valence-electron chi connectivity index (χ1n) is 8.82. The fraction of sp³-hybridized carbons (Fsp3) is 0.250. The Balaban J connectivity index is 1.28. The van der Waals surface area contributed by atoms with Crippen molar-refractivity contribution in [2.45, 2.75) is 6.54 Å². The maximum Gasteiger partial charge on any atom is 0.137 e. The van der Waals surface area contributed by atoms with Gasteiger partial charge in [0.15, 0.2) is 0 Å². The van der Waals surface area contributed by atoms with E-state index in [2.05, 4.69) is 61.3 Å². The Hall–Kier alpha value is -2.79. The van der Waals surface area contributed by atoms with Crippen molar-refractivity contribution >= 4 is 27.6 Å². The van der Waals surface area contributed by atoms with E-state index in [9.17, 15) is 0 Å². The lowest BCUT2D eigenvalue weighted by Crippen LogP contribution is -2.45. The van der Waals surface area contributed by atoms with E-state index in [0.717, 1.165) is 38.4 Å². The lowest BCUT2D eigenvalue weighted by Gasteiger charge is -2.36. The van der Waals surface area contributed by atoms with Gasteiger partial charge in [-0.05, 0) is 42.0 Å². The number of pyridine rings is 1. The lowest BCUT2D eigenvalue weighted by atomic mass is 10.1. The van der Waals surface area contributed by atoms with E-state index < -0.39 is 0 Å². The van der Waals surface area contributed by atoms with Gasteiger partial charge in [-0.3, -0.25) is 4.90 Å². The zero-order valence-corrected chi connectivity index (χ0v) is 14.1. The lowest BCUT2D eigenvalue weighted by molar-refractivity contribution is 0.251. The van der Waals surface area contributed by atoms with Crippen molar-refractivity contribution < 1.29 is 0 Å². The Morgan fingerprint density at radius 2 is 1.92 bits per heavy atom. The first-order valence-corrected chi connectivity index (χ1v) is 8.82. The number of rotatable bonds is 3. The number of hydrogen-bond acceptors (Lipinski definition) is 3. The summed E-state index contributed by atoms with van der Waals surface area (Å²) < 4.78 is 0. The summed E-state index contributed by atoms with van der Waals surface area (Å²) >= 11 is 0. The average molecular weight is 331 g/mol. The van der Waals surface area contributed by atoms with Crippen molar-refractivity contribution in [3.63, 3.8) is 0 Å². The minimum atomic E-state index is 0.982. The van der Waals surface area contributed by atoms with Gasteiger partial charge in [0.25, 0.3) is 0 Å². The predicted octanol–water partition coefficient (Wildman–Crippen LogP) is 3.37. The third-order valence-electron chi connectivity index (χ3n) is 5.21. The molecule has 0 radical (unpaired) electrons.